The van der Waals surface area contributed by atoms with Crippen LogP contribution in [0.4, 0.5) is 0 Å². The molecule has 2 rings (SSSR count). The largest absolute Gasteiger partial charge is 0.390 e. The van der Waals surface area contributed by atoms with Gasteiger partial charge in [0.05, 0.1) is 37.9 Å². The number of aliphatic hydroxyl groups excluding tert-OH is 1. The van der Waals surface area contributed by atoms with E-state index in [0.717, 1.165) is 32.8 Å². The van der Waals surface area contributed by atoms with Crippen LogP contribution in [-0.4, -0.2) is 51.9 Å². The number of nitrogens with zero attached hydrogens (tertiary/aromatic N) is 3. The summed E-state index contributed by atoms with van der Waals surface area (Å²) in [5, 5.41) is 8.92. The van der Waals surface area contributed by atoms with E-state index >= 15 is 0 Å². The van der Waals surface area contributed by atoms with E-state index in [0.29, 0.717) is 5.69 Å². The van der Waals surface area contributed by atoms with Gasteiger partial charge < -0.3 is 14.4 Å². The van der Waals surface area contributed by atoms with Gasteiger partial charge in [0.2, 0.25) is 0 Å². The van der Waals surface area contributed by atoms with Gasteiger partial charge in [-0.2, -0.15) is 0 Å². The topological polar surface area (TPSA) is 50.5 Å². The van der Waals surface area contributed by atoms with Gasteiger partial charge in [-0.1, -0.05) is 6.92 Å². The number of morpholine rings is 1. The number of aromatic nitrogens is 2. The van der Waals surface area contributed by atoms with Gasteiger partial charge in [0.25, 0.3) is 0 Å². The molecule has 0 bridgehead atoms. The molecule has 0 spiro atoms. The average molecular weight is 225 g/mol. The van der Waals surface area contributed by atoms with Gasteiger partial charge in [-0.15, -0.1) is 0 Å². The minimum absolute atomic E-state index is 0.000388. The standard InChI is InChI=1S/C11H19N3O2/c1-2-13-3-4-16-11(6-13)7-14-5-10(8-15)12-9-14/h5,9,11,15H,2-4,6-8H2,1H3. The fourth-order valence-electron chi connectivity index (χ4n) is 2.00. The van der Waals surface area contributed by atoms with Gasteiger partial charge >= 0.3 is 0 Å². The van der Waals surface area contributed by atoms with Crippen molar-refractivity contribution in [3.05, 3.63) is 18.2 Å². The van der Waals surface area contributed by atoms with Crippen LogP contribution in [0.5, 0.6) is 0 Å². The van der Waals surface area contributed by atoms with Crippen LogP contribution in [0.15, 0.2) is 12.5 Å². The van der Waals surface area contributed by atoms with Crippen molar-refractivity contribution in [3.63, 3.8) is 0 Å². The first-order valence-corrected chi connectivity index (χ1v) is 5.77. The van der Waals surface area contributed by atoms with Crippen molar-refractivity contribution in [2.24, 2.45) is 0 Å². The fourth-order valence-corrected chi connectivity index (χ4v) is 2.00. The maximum atomic E-state index is 8.92. The third-order valence-electron chi connectivity index (χ3n) is 2.93. The molecule has 90 valence electrons. The Bertz CT molecular complexity index is 327. The summed E-state index contributed by atoms with van der Waals surface area (Å²) < 4.78 is 7.69. The molecule has 5 nitrogen and oxygen atoms in total. The third-order valence-corrected chi connectivity index (χ3v) is 2.93. The number of likely N-dealkylation sites (N-methyl/N-ethyl adjacent to an activating group) is 1. The molecule has 1 fully saturated rings. The van der Waals surface area contributed by atoms with Crippen molar-refractivity contribution in [2.75, 3.05) is 26.2 Å². The highest BCUT2D eigenvalue weighted by molar-refractivity contribution is 4.94. The Morgan fingerprint density at radius 1 is 1.62 bits per heavy atom. The zero-order valence-corrected chi connectivity index (χ0v) is 9.67. The van der Waals surface area contributed by atoms with Crippen LogP contribution < -0.4 is 0 Å². The van der Waals surface area contributed by atoms with Gasteiger partial charge in [0.1, 0.15) is 0 Å². The SMILES string of the molecule is CCN1CCOC(Cn2cnc(CO)c2)C1. The third kappa shape index (κ3) is 2.81. The first kappa shape index (κ1) is 11.6. The van der Waals surface area contributed by atoms with Crippen molar-refractivity contribution in [1.82, 2.24) is 14.5 Å². The lowest BCUT2D eigenvalue weighted by Gasteiger charge is -2.32. The van der Waals surface area contributed by atoms with Crippen LogP contribution in [0.2, 0.25) is 0 Å². The molecule has 1 aliphatic rings. The van der Waals surface area contributed by atoms with Crippen molar-refractivity contribution < 1.29 is 9.84 Å². The van der Waals surface area contributed by atoms with Gasteiger partial charge in [0.15, 0.2) is 0 Å². The normalized spacial score (nSPS) is 22.5. The molecule has 1 atom stereocenters. The van der Waals surface area contributed by atoms with Crippen molar-refractivity contribution in [2.45, 2.75) is 26.2 Å². The molecule has 1 N–H and O–H groups in total. The highest BCUT2D eigenvalue weighted by Gasteiger charge is 2.19. The zero-order chi connectivity index (χ0) is 11.4. The van der Waals surface area contributed by atoms with Crippen molar-refractivity contribution in [1.29, 1.82) is 0 Å². The Hall–Kier alpha value is -0.910. The van der Waals surface area contributed by atoms with E-state index in [9.17, 15) is 0 Å². The van der Waals surface area contributed by atoms with Crippen molar-refractivity contribution in [3.8, 4) is 0 Å². The van der Waals surface area contributed by atoms with Crippen LogP contribution in [-0.2, 0) is 17.9 Å². The monoisotopic (exact) mass is 225 g/mol. The van der Waals surface area contributed by atoms with Crippen LogP contribution in [0.25, 0.3) is 0 Å². The lowest BCUT2D eigenvalue weighted by atomic mass is 10.2. The average Bonchev–Trinajstić information content (AvgIpc) is 2.77. The molecule has 0 aliphatic carbocycles. The Balaban J connectivity index is 1.88. The molecular formula is C11H19N3O2. The van der Waals surface area contributed by atoms with Crippen LogP contribution in [0.3, 0.4) is 0 Å². The smallest absolute Gasteiger partial charge is 0.0951 e. The van der Waals surface area contributed by atoms with Crippen LogP contribution in [0.1, 0.15) is 12.6 Å². The molecule has 1 aliphatic heterocycles. The molecule has 1 saturated heterocycles. The Kier molecular flexibility index (Phi) is 3.93. The number of hydrogen-bond donors (Lipinski definition) is 1. The summed E-state index contributed by atoms with van der Waals surface area (Å²) in [5.74, 6) is 0. The number of hydrogen-bond acceptors (Lipinski definition) is 4. The van der Waals surface area contributed by atoms with Gasteiger partial charge in [-0.05, 0) is 6.54 Å². The van der Waals surface area contributed by atoms with E-state index in [1.807, 2.05) is 10.8 Å². The first-order chi connectivity index (χ1) is 7.81. The summed E-state index contributed by atoms with van der Waals surface area (Å²) in [6, 6.07) is 0. The lowest BCUT2D eigenvalue weighted by molar-refractivity contribution is -0.0343. The Labute approximate surface area is 95.7 Å². The van der Waals surface area contributed by atoms with Gasteiger partial charge in [0, 0.05) is 19.3 Å². The van der Waals surface area contributed by atoms with E-state index in [1.165, 1.54) is 0 Å². The zero-order valence-electron chi connectivity index (χ0n) is 9.67. The number of rotatable bonds is 4. The molecule has 16 heavy (non-hydrogen) atoms. The molecule has 1 aromatic heterocycles. The summed E-state index contributed by atoms with van der Waals surface area (Å²) in [4.78, 5) is 6.47. The Morgan fingerprint density at radius 2 is 2.50 bits per heavy atom. The minimum Gasteiger partial charge on any atom is -0.390 e. The molecule has 1 aromatic rings. The maximum absolute atomic E-state index is 8.92. The van der Waals surface area contributed by atoms with Crippen molar-refractivity contribution >= 4 is 0 Å². The van der Waals surface area contributed by atoms with E-state index in [4.69, 9.17) is 9.84 Å². The van der Waals surface area contributed by atoms with Gasteiger partial charge in [-0.3, -0.25) is 4.90 Å². The number of ether oxygens (including phenoxy) is 1. The Morgan fingerprint density at radius 3 is 3.19 bits per heavy atom. The second kappa shape index (κ2) is 5.43. The predicted octanol–water partition coefficient (Wildman–Crippen LogP) is 0.0961. The highest BCUT2D eigenvalue weighted by atomic mass is 16.5. The summed E-state index contributed by atoms with van der Waals surface area (Å²) in [5.41, 5.74) is 0.711. The minimum atomic E-state index is -0.000388. The molecule has 5 heteroatoms. The molecule has 0 radical (unpaired) electrons. The predicted molar refractivity (Wildman–Crippen MR) is 60.0 cm³/mol. The molecule has 0 aromatic carbocycles. The molecule has 0 saturated carbocycles. The van der Waals surface area contributed by atoms with Gasteiger partial charge in [-0.25, -0.2) is 4.98 Å². The van der Waals surface area contributed by atoms with E-state index in [-0.39, 0.29) is 12.7 Å². The number of aliphatic hydroxyl groups is 1. The highest BCUT2D eigenvalue weighted by Crippen LogP contribution is 2.08. The first-order valence-electron chi connectivity index (χ1n) is 5.77. The van der Waals surface area contributed by atoms with Crippen LogP contribution in [0, 0.1) is 0 Å². The van der Waals surface area contributed by atoms with E-state index in [1.54, 1.807) is 6.33 Å². The summed E-state index contributed by atoms with van der Waals surface area (Å²) in [6.45, 7) is 6.86. The second-order valence-corrected chi connectivity index (χ2v) is 4.11. The molecule has 2 heterocycles. The molecule has 1 unspecified atom stereocenters. The summed E-state index contributed by atoms with van der Waals surface area (Å²) >= 11 is 0. The fraction of sp³-hybridized carbons (Fsp3) is 0.727. The second-order valence-electron chi connectivity index (χ2n) is 4.11. The summed E-state index contributed by atoms with van der Waals surface area (Å²) in [6.07, 6.45) is 3.85. The summed E-state index contributed by atoms with van der Waals surface area (Å²) in [7, 11) is 0. The molecular weight excluding hydrogens is 206 g/mol. The van der Waals surface area contributed by atoms with Crippen LogP contribution >= 0.6 is 0 Å². The van der Waals surface area contributed by atoms with E-state index in [2.05, 4.69) is 16.8 Å². The molecule has 0 amide bonds. The number of imidazole rings is 1. The van der Waals surface area contributed by atoms with E-state index < -0.39 is 0 Å². The lowest BCUT2D eigenvalue weighted by Crippen LogP contribution is -2.43. The quantitative estimate of drug-likeness (QED) is 0.789. The maximum Gasteiger partial charge on any atom is 0.0951 e.